The van der Waals surface area contributed by atoms with Crippen molar-refractivity contribution in [2.45, 2.75) is 19.8 Å². The summed E-state index contributed by atoms with van der Waals surface area (Å²) in [5, 5.41) is 9.30. The number of hydrogen-bond acceptors (Lipinski definition) is 5. The van der Waals surface area contributed by atoms with Crippen LogP contribution in [0.2, 0.25) is 0 Å². The third-order valence-corrected chi connectivity index (χ3v) is 4.84. The van der Waals surface area contributed by atoms with Gasteiger partial charge in [0.1, 0.15) is 17.3 Å². The molecule has 0 saturated carbocycles. The van der Waals surface area contributed by atoms with Crippen molar-refractivity contribution in [2.75, 3.05) is 10.6 Å². The summed E-state index contributed by atoms with van der Waals surface area (Å²) < 4.78 is 22.1. The normalized spacial score (nSPS) is 10.8. The molecule has 1 aromatic carbocycles. The molecule has 0 atom stereocenters. The van der Waals surface area contributed by atoms with E-state index in [0.717, 1.165) is 11.1 Å². The van der Waals surface area contributed by atoms with Crippen LogP contribution in [0.25, 0.3) is 11.3 Å². The van der Waals surface area contributed by atoms with E-state index >= 15 is 0 Å². The second kappa shape index (κ2) is 9.47. The van der Waals surface area contributed by atoms with Crippen molar-refractivity contribution in [1.82, 2.24) is 19.7 Å². The number of aryl methyl sites for hydroxylation is 1. The van der Waals surface area contributed by atoms with Gasteiger partial charge in [0.25, 0.3) is 0 Å². The summed E-state index contributed by atoms with van der Waals surface area (Å²) in [5.74, 6) is 0.432. The molecule has 168 valence electrons. The Hall–Kier alpha value is -4.27. The fourth-order valence-corrected chi connectivity index (χ4v) is 3.11. The summed E-state index contributed by atoms with van der Waals surface area (Å²) in [7, 11) is 1.82. The van der Waals surface area contributed by atoms with Crippen molar-refractivity contribution >= 4 is 17.4 Å². The molecule has 0 radical (unpaired) electrons. The van der Waals surface area contributed by atoms with Crippen molar-refractivity contribution in [2.24, 2.45) is 7.05 Å². The van der Waals surface area contributed by atoms with Gasteiger partial charge >= 0.3 is 6.03 Å². The van der Waals surface area contributed by atoms with Crippen LogP contribution in [-0.4, -0.2) is 25.8 Å². The van der Waals surface area contributed by atoms with Gasteiger partial charge in [0.05, 0.1) is 29.5 Å². The average molecular weight is 446 g/mol. The Bertz CT molecular complexity index is 1290. The maximum absolute atomic E-state index is 14.6. The van der Waals surface area contributed by atoms with E-state index in [1.807, 2.05) is 33.2 Å². The topological polar surface area (TPSA) is 94.0 Å². The van der Waals surface area contributed by atoms with Gasteiger partial charge in [-0.05, 0) is 35.7 Å². The van der Waals surface area contributed by atoms with Gasteiger partial charge in [-0.25, -0.2) is 9.18 Å². The first kappa shape index (κ1) is 21.9. The van der Waals surface area contributed by atoms with Crippen molar-refractivity contribution in [1.29, 1.82) is 0 Å². The number of carbonyl (C=O) groups is 1. The number of pyridine rings is 2. The van der Waals surface area contributed by atoms with Crippen molar-refractivity contribution < 1.29 is 13.9 Å². The molecule has 4 aromatic rings. The average Bonchev–Trinajstić information content (AvgIpc) is 3.22. The summed E-state index contributed by atoms with van der Waals surface area (Å²) in [4.78, 5) is 20.7. The van der Waals surface area contributed by atoms with E-state index in [4.69, 9.17) is 4.74 Å². The summed E-state index contributed by atoms with van der Waals surface area (Å²) in [6, 6.07) is 8.91. The maximum atomic E-state index is 14.6. The highest BCUT2D eigenvalue weighted by atomic mass is 19.1. The summed E-state index contributed by atoms with van der Waals surface area (Å²) in [5.41, 5.74) is 3.07. The number of nitrogens with zero attached hydrogens (tertiary/aromatic N) is 4. The van der Waals surface area contributed by atoms with Crippen LogP contribution in [0, 0.1) is 5.82 Å². The Morgan fingerprint density at radius 2 is 1.88 bits per heavy atom. The molecule has 0 aliphatic rings. The summed E-state index contributed by atoms with van der Waals surface area (Å²) in [6.45, 7) is 4.07. The van der Waals surface area contributed by atoms with E-state index in [0.29, 0.717) is 17.1 Å². The largest absolute Gasteiger partial charge is 0.457 e. The molecule has 3 heterocycles. The second-order valence-corrected chi connectivity index (χ2v) is 7.76. The molecular formula is C24H23FN6O2. The van der Waals surface area contributed by atoms with Gasteiger partial charge in [-0.2, -0.15) is 5.10 Å². The SMILES string of the molecule is CC(C)c1cncc(NC(=O)Nc2ccc(Oc3ccnc(-c4cnn(C)c4)c3)cc2F)c1. The van der Waals surface area contributed by atoms with Crippen molar-refractivity contribution in [3.8, 4) is 22.8 Å². The Balaban J connectivity index is 1.42. The van der Waals surface area contributed by atoms with Crippen LogP contribution < -0.4 is 15.4 Å². The van der Waals surface area contributed by atoms with Gasteiger partial charge in [0, 0.05) is 43.3 Å². The van der Waals surface area contributed by atoms with E-state index in [-0.39, 0.29) is 17.4 Å². The molecule has 9 heteroatoms. The fraction of sp³-hybridized carbons (Fsp3) is 0.167. The lowest BCUT2D eigenvalue weighted by atomic mass is 10.1. The number of carbonyl (C=O) groups excluding carboxylic acids is 1. The lowest BCUT2D eigenvalue weighted by Gasteiger charge is -2.12. The van der Waals surface area contributed by atoms with E-state index in [1.165, 1.54) is 18.3 Å². The smallest absolute Gasteiger partial charge is 0.323 e. The molecule has 0 fully saturated rings. The Labute approximate surface area is 190 Å². The van der Waals surface area contributed by atoms with Gasteiger partial charge in [-0.15, -0.1) is 0 Å². The first-order valence-corrected chi connectivity index (χ1v) is 10.3. The molecule has 4 rings (SSSR count). The molecule has 33 heavy (non-hydrogen) atoms. The molecule has 2 amide bonds. The number of nitrogens with one attached hydrogen (secondary N) is 2. The second-order valence-electron chi connectivity index (χ2n) is 7.76. The van der Waals surface area contributed by atoms with Gasteiger partial charge in [-0.1, -0.05) is 13.8 Å². The number of amides is 2. The van der Waals surface area contributed by atoms with Gasteiger partial charge in [0.15, 0.2) is 0 Å². The van der Waals surface area contributed by atoms with E-state index in [9.17, 15) is 9.18 Å². The number of hydrogen-bond donors (Lipinski definition) is 2. The van der Waals surface area contributed by atoms with Crippen LogP contribution in [0.5, 0.6) is 11.5 Å². The predicted molar refractivity (Wildman–Crippen MR) is 124 cm³/mol. The maximum Gasteiger partial charge on any atom is 0.323 e. The van der Waals surface area contributed by atoms with Crippen LogP contribution in [0.3, 0.4) is 0 Å². The molecule has 0 aliphatic heterocycles. The van der Waals surface area contributed by atoms with Crippen molar-refractivity contribution in [3.05, 3.63) is 78.8 Å². The predicted octanol–water partition coefficient (Wildman–Crippen LogP) is 5.58. The summed E-state index contributed by atoms with van der Waals surface area (Å²) in [6.07, 6.45) is 8.43. The first-order chi connectivity index (χ1) is 15.9. The number of ether oxygens (including phenoxy) is 1. The van der Waals surface area contributed by atoms with Crippen LogP contribution in [-0.2, 0) is 7.05 Å². The molecule has 0 unspecified atom stereocenters. The number of benzene rings is 1. The van der Waals surface area contributed by atoms with E-state index in [2.05, 4.69) is 25.7 Å². The first-order valence-electron chi connectivity index (χ1n) is 10.3. The zero-order chi connectivity index (χ0) is 23.4. The van der Waals surface area contributed by atoms with Crippen LogP contribution in [0.15, 0.2) is 67.4 Å². The molecule has 8 nitrogen and oxygen atoms in total. The lowest BCUT2D eigenvalue weighted by molar-refractivity contribution is 0.262. The van der Waals surface area contributed by atoms with E-state index < -0.39 is 11.8 Å². The quantitative estimate of drug-likeness (QED) is 0.403. The Kier molecular flexibility index (Phi) is 6.30. The highest BCUT2D eigenvalue weighted by Crippen LogP contribution is 2.28. The number of anilines is 2. The van der Waals surface area contributed by atoms with Gasteiger partial charge < -0.3 is 15.4 Å². The van der Waals surface area contributed by atoms with Gasteiger partial charge in [-0.3, -0.25) is 14.6 Å². The highest BCUT2D eigenvalue weighted by molar-refractivity contribution is 5.99. The summed E-state index contributed by atoms with van der Waals surface area (Å²) >= 11 is 0. The number of urea groups is 1. The standard InChI is InChI=1S/C24H23FN6O2/c1-15(2)16-8-18(13-26-11-16)29-24(32)30-22-5-4-19(9-21(22)25)33-20-6-7-27-23(10-20)17-12-28-31(3)14-17/h4-15H,1-3H3,(H2,29,30,32). The minimum Gasteiger partial charge on any atom is -0.457 e. The van der Waals surface area contributed by atoms with Crippen LogP contribution in [0.1, 0.15) is 25.3 Å². The molecule has 3 aromatic heterocycles. The zero-order valence-corrected chi connectivity index (χ0v) is 18.4. The Morgan fingerprint density at radius 3 is 2.61 bits per heavy atom. The molecular weight excluding hydrogens is 423 g/mol. The third kappa shape index (κ3) is 5.51. The highest BCUT2D eigenvalue weighted by Gasteiger charge is 2.11. The Morgan fingerprint density at radius 1 is 1.06 bits per heavy atom. The molecule has 2 N–H and O–H groups in total. The minimum absolute atomic E-state index is 0.0265. The van der Waals surface area contributed by atoms with Crippen LogP contribution >= 0.6 is 0 Å². The monoisotopic (exact) mass is 446 g/mol. The lowest BCUT2D eigenvalue weighted by Crippen LogP contribution is -2.20. The van der Waals surface area contributed by atoms with E-state index in [1.54, 1.807) is 41.5 Å². The zero-order valence-electron chi connectivity index (χ0n) is 18.4. The number of rotatable bonds is 6. The minimum atomic E-state index is -0.627. The van der Waals surface area contributed by atoms with Crippen LogP contribution in [0.4, 0.5) is 20.6 Å². The van der Waals surface area contributed by atoms with Gasteiger partial charge in [0.2, 0.25) is 0 Å². The van der Waals surface area contributed by atoms with Crippen molar-refractivity contribution in [3.63, 3.8) is 0 Å². The fourth-order valence-electron chi connectivity index (χ4n) is 3.11. The molecule has 0 spiro atoms. The molecule has 0 bridgehead atoms. The third-order valence-electron chi connectivity index (χ3n) is 4.84. The molecule has 0 aliphatic carbocycles. The molecule has 0 saturated heterocycles. The number of aromatic nitrogens is 4. The number of halogens is 1.